The van der Waals surface area contributed by atoms with Crippen LogP contribution in [-0.4, -0.2) is 33.4 Å². The van der Waals surface area contributed by atoms with Crippen molar-refractivity contribution in [2.75, 3.05) is 6.61 Å². The standard InChI is InChI=1S/C15H25N3O2/c1-11-8-12(2)18(17-11)9-15(20)16-14-7-5-3-4-6-13(14)10-19/h8,13-14,19H,3-7,9-10H2,1-2H3,(H,16,20). The predicted octanol–water partition coefficient (Wildman–Crippen LogP) is 1.56. The quantitative estimate of drug-likeness (QED) is 0.822. The number of aliphatic hydroxyl groups excluding tert-OH is 1. The number of hydrogen-bond donors (Lipinski definition) is 2. The lowest BCUT2D eigenvalue weighted by molar-refractivity contribution is -0.123. The van der Waals surface area contributed by atoms with Gasteiger partial charge in [-0.2, -0.15) is 5.10 Å². The number of aryl methyl sites for hydroxylation is 2. The number of nitrogens with one attached hydrogen (secondary N) is 1. The molecule has 2 atom stereocenters. The van der Waals surface area contributed by atoms with Crippen molar-refractivity contribution in [2.45, 2.75) is 58.5 Å². The van der Waals surface area contributed by atoms with Crippen molar-refractivity contribution < 1.29 is 9.90 Å². The lowest BCUT2D eigenvalue weighted by atomic mass is 9.95. The predicted molar refractivity (Wildman–Crippen MR) is 77.3 cm³/mol. The Labute approximate surface area is 120 Å². The summed E-state index contributed by atoms with van der Waals surface area (Å²) < 4.78 is 1.73. The van der Waals surface area contributed by atoms with Gasteiger partial charge in [-0.15, -0.1) is 0 Å². The van der Waals surface area contributed by atoms with E-state index in [1.807, 2.05) is 19.9 Å². The van der Waals surface area contributed by atoms with Gasteiger partial charge in [0.15, 0.2) is 0 Å². The maximum absolute atomic E-state index is 12.2. The molecule has 0 spiro atoms. The normalized spacial score (nSPS) is 23.4. The highest BCUT2D eigenvalue weighted by Crippen LogP contribution is 2.23. The van der Waals surface area contributed by atoms with Gasteiger partial charge in [0.05, 0.1) is 5.69 Å². The number of aromatic nitrogens is 2. The van der Waals surface area contributed by atoms with E-state index >= 15 is 0 Å². The Hall–Kier alpha value is -1.36. The molecule has 1 amide bonds. The minimum absolute atomic E-state index is 0.0125. The highest BCUT2D eigenvalue weighted by molar-refractivity contribution is 5.76. The van der Waals surface area contributed by atoms with E-state index in [1.165, 1.54) is 6.42 Å². The van der Waals surface area contributed by atoms with Crippen LogP contribution in [0.25, 0.3) is 0 Å². The summed E-state index contributed by atoms with van der Waals surface area (Å²) in [5, 5.41) is 16.9. The van der Waals surface area contributed by atoms with Crippen molar-refractivity contribution >= 4 is 5.91 Å². The number of nitrogens with zero attached hydrogens (tertiary/aromatic N) is 2. The van der Waals surface area contributed by atoms with Gasteiger partial charge in [0, 0.05) is 24.3 Å². The van der Waals surface area contributed by atoms with Gasteiger partial charge >= 0.3 is 0 Å². The van der Waals surface area contributed by atoms with Gasteiger partial charge in [0.1, 0.15) is 6.54 Å². The lowest BCUT2D eigenvalue weighted by Crippen LogP contribution is -2.42. The third kappa shape index (κ3) is 3.82. The molecule has 1 saturated carbocycles. The summed E-state index contributed by atoms with van der Waals surface area (Å²) in [6, 6.07) is 2.07. The summed E-state index contributed by atoms with van der Waals surface area (Å²) in [5.74, 6) is 0.184. The van der Waals surface area contributed by atoms with Gasteiger partial charge in [0.2, 0.25) is 5.91 Å². The average Bonchev–Trinajstić information content (AvgIpc) is 2.61. The molecular weight excluding hydrogens is 254 g/mol. The molecule has 1 fully saturated rings. The van der Waals surface area contributed by atoms with Crippen molar-refractivity contribution in [3.05, 3.63) is 17.5 Å². The van der Waals surface area contributed by atoms with Gasteiger partial charge in [-0.25, -0.2) is 0 Å². The van der Waals surface area contributed by atoms with Crippen LogP contribution in [-0.2, 0) is 11.3 Å². The molecule has 5 nitrogen and oxygen atoms in total. The fraction of sp³-hybridized carbons (Fsp3) is 0.733. The first-order valence-corrected chi connectivity index (χ1v) is 7.51. The van der Waals surface area contributed by atoms with Gasteiger partial charge in [-0.05, 0) is 32.8 Å². The number of carbonyl (C=O) groups is 1. The van der Waals surface area contributed by atoms with Crippen molar-refractivity contribution in [1.82, 2.24) is 15.1 Å². The Bertz CT molecular complexity index is 456. The second-order valence-electron chi connectivity index (χ2n) is 5.84. The molecule has 20 heavy (non-hydrogen) atoms. The molecule has 0 aromatic carbocycles. The second-order valence-corrected chi connectivity index (χ2v) is 5.84. The summed E-state index contributed by atoms with van der Waals surface area (Å²) in [4.78, 5) is 12.2. The Balaban J connectivity index is 1.94. The van der Waals surface area contributed by atoms with E-state index in [2.05, 4.69) is 10.4 Å². The number of carbonyl (C=O) groups excluding carboxylic acids is 1. The summed E-state index contributed by atoms with van der Waals surface area (Å²) in [6.07, 6.45) is 5.44. The molecule has 0 aliphatic heterocycles. The molecule has 1 aliphatic rings. The second kappa shape index (κ2) is 6.88. The van der Waals surface area contributed by atoms with E-state index in [-0.39, 0.29) is 31.0 Å². The van der Waals surface area contributed by atoms with Gasteiger partial charge in [0.25, 0.3) is 0 Å². The van der Waals surface area contributed by atoms with Crippen molar-refractivity contribution in [3.63, 3.8) is 0 Å². The Morgan fingerprint density at radius 3 is 2.80 bits per heavy atom. The smallest absolute Gasteiger partial charge is 0.241 e. The first-order chi connectivity index (χ1) is 9.60. The van der Waals surface area contributed by atoms with E-state index in [0.29, 0.717) is 0 Å². The molecule has 5 heteroatoms. The van der Waals surface area contributed by atoms with Crippen LogP contribution in [0.4, 0.5) is 0 Å². The third-order valence-corrected chi connectivity index (χ3v) is 4.14. The summed E-state index contributed by atoms with van der Waals surface area (Å²) >= 11 is 0. The highest BCUT2D eigenvalue weighted by Gasteiger charge is 2.24. The third-order valence-electron chi connectivity index (χ3n) is 4.14. The van der Waals surface area contributed by atoms with Gasteiger partial charge in [-0.1, -0.05) is 19.3 Å². The van der Waals surface area contributed by atoms with Crippen LogP contribution in [0, 0.1) is 19.8 Å². The molecule has 2 rings (SSSR count). The molecule has 0 radical (unpaired) electrons. The van der Waals surface area contributed by atoms with Crippen molar-refractivity contribution in [1.29, 1.82) is 0 Å². The largest absolute Gasteiger partial charge is 0.396 e. The van der Waals surface area contributed by atoms with Crippen LogP contribution in [0.5, 0.6) is 0 Å². The molecule has 2 unspecified atom stereocenters. The molecule has 1 aliphatic carbocycles. The Kier molecular flexibility index (Phi) is 5.17. The Morgan fingerprint density at radius 1 is 1.40 bits per heavy atom. The zero-order valence-electron chi connectivity index (χ0n) is 12.4. The minimum Gasteiger partial charge on any atom is -0.396 e. The molecular formula is C15H25N3O2. The number of rotatable bonds is 4. The van der Waals surface area contributed by atoms with Crippen LogP contribution >= 0.6 is 0 Å². The molecule has 0 bridgehead atoms. The minimum atomic E-state index is -0.0125. The molecule has 1 aromatic rings. The number of amides is 1. The SMILES string of the molecule is Cc1cc(C)n(CC(=O)NC2CCCCCC2CO)n1. The van der Waals surface area contributed by atoms with E-state index < -0.39 is 0 Å². The summed E-state index contributed by atoms with van der Waals surface area (Å²) in [6.45, 7) is 4.29. The summed E-state index contributed by atoms with van der Waals surface area (Å²) in [5.41, 5.74) is 1.93. The fourth-order valence-electron chi connectivity index (χ4n) is 3.02. The molecule has 1 heterocycles. The van der Waals surface area contributed by atoms with Crippen molar-refractivity contribution in [2.24, 2.45) is 5.92 Å². The van der Waals surface area contributed by atoms with Gasteiger partial charge in [-0.3, -0.25) is 9.48 Å². The van der Waals surface area contributed by atoms with E-state index in [1.54, 1.807) is 4.68 Å². The zero-order chi connectivity index (χ0) is 14.5. The maximum Gasteiger partial charge on any atom is 0.241 e. The molecule has 0 saturated heterocycles. The zero-order valence-corrected chi connectivity index (χ0v) is 12.4. The van der Waals surface area contributed by atoms with Gasteiger partial charge < -0.3 is 10.4 Å². The maximum atomic E-state index is 12.2. The topological polar surface area (TPSA) is 67.2 Å². The molecule has 2 N–H and O–H groups in total. The van der Waals surface area contributed by atoms with Crippen LogP contribution in [0.2, 0.25) is 0 Å². The fourth-order valence-corrected chi connectivity index (χ4v) is 3.02. The lowest BCUT2D eigenvalue weighted by Gasteiger charge is -2.24. The van der Waals surface area contributed by atoms with Crippen LogP contribution in [0.15, 0.2) is 6.07 Å². The monoisotopic (exact) mass is 279 g/mol. The van der Waals surface area contributed by atoms with Crippen LogP contribution in [0.1, 0.15) is 43.5 Å². The molecule has 112 valence electrons. The number of aliphatic hydroxyl groups is 1. The van der Waals surface area contributed by atoms with Crippen LogP contribution in [0.3, 0.4) is 0 Å². The highest BCUT2D eigenvalue weighted by atomic mass is 16.3. The summed E-state index contributed by atoms with van der Waals surface area (Å²) in [7, 11) is 0. The van der Waals surface area contributed by atoms with E-state index in [9.17, 15) is 9.90 Å². The average molecular weight is 279 g/mol. The first kappa shape index (κ1) is 15.0. The first-order valence-electron chi connectivity index (χ1n) is 7.51. The number of hydrogen-bond acceptors (Lipinski definition) is 3. The van der Waals surface area contributed by atoms with Crippen LogP contribution < -0.4 is 5.32 Å². The van der Waals surface area contributed by atoms with Crippen molar-refractivity contribution in [3.8, 4) is 0 Å². The van der Waals surface area contributed by atoms with E-state index in [4.69, 9.17) is 0 Å². The van der Waals surface area contributed by atoms with E-state index in [0.717, 1.165) is 37.1 Å². The molecule has 1 aromatic heterocycles. The Morgan fingerprint density at radius 2 is 2.15 bits per heavy atom.